The van der Waals surface area contributed by atoms with Crippen molar-refractivity contribution in [2.45, 2.75) is 0 Å². The monoisotopic (exact) mass is 212 g/mol. The quantitative estimate of drug-likeness (QED) is 0.481. The molecule has 0 aliphatic carbocycles. The van der Waals surface area contributed by atoms with Crippen LogP contribution < -0.4 is 4.73 Å². The minimum Gasteiger partial charge on any atom is -0.711 e. The van der Waals surface area contributed by atoms with E-state index >= 15 is 0 Å². The molecule has 2 aromatic rings. The largest absolute Gasteiger partial charge is 0.711 e. The van der Waals surface area contributed by atoms with Crippen molar-refractivity contribution in [3.63, 3.8) is 0 Å². The molecule has 4 heteroatoms. The number of fused-ring (bicyclic) bond motifs is 1. The molecule has 0 aliphatic heterocycles. The van der Waals surface area contributed by atoms with Crippen molar-refractivity contribution < 1.29 is 4.73 Å². The van der Waals surface area contributed by atoms with Gasteiger partial charge in [0, 0.05) is 0 Å². The van der Waals surface area contributed by atoms with Gasteiger partial charge in [0.15, 0.2) is 16.1 Å². The molecule has 11 heavy (non-hydrogen) atoms. The van der Waals surface area contributed by atoms with Gasteiger partial charge in [-0.1, -0.05) is 0 Å². The fourth-order valence-electron chi connectivity index (χ4n) is 1.06. The number of hydrogen-bond donors (Lipinski definition) is 0. The summed E-state index contributed by atoms with van der Waals surface area (Å²) < 4.78 is 2.44. The van der Waals surface area contributed by atoms with Crippen molar-refractivity contribution in [2.24, 2.45) is 0 Å². The van der Waals surface area contributed by atoms with Gasteiger partial charge in [-0.3, -0.25) is 0 Å². The first kappa shape index (κ1) is 6.67. The minimum atomic E-state index is 0.618. The Hall–Kier alpha value is -1.03. The molecule has 2 rings (SSSR count). The molecule has 0 saturated carbocycles. The standard InChI is InChI=1S/C7H5BrN2O/c8-9-5-3-6-2-1-4-10(11)7(6)9/h1-5H. The van der Waals surface area contributed by atoms with E-state index in [1.807, 2.05) is 12.1 Å². The molecule has 0 amide bonds. The van der Waals surface area contributed by atoms with Crippen LogP contribution in [0.15, 0.2) is 30.6 Å². The van der Waals surface area contributed by atoms with Crippen molar-refractivity contribution >= 4 is 27.2 Å². The molecular weight excluding hydrogens is 208 g/mol. The molecule has 0 spiro atoms. The molecule has 0 bridgehead atoms. The lowest BCUT2D eigenvalue weighted by Gasteiger charge is -2.00. The number of aromatic nitrogens is 2. The molecule has 0 aliphatic rings. The lowest BCUT2D eigenvalue weighted by molar-refractivity contribution is -0.579. The third-order valence-electron chi connectivity index (χ3n) is 1.55. The summed E-state index contributed by atoms with van der Waals surface area (Å²) in [6, 6.07) is 5.49. The van der Waals surface area contributed by atoms with E-state index in [-0.39, 0.29) is 0 Å². The first-order valence-electron chi connectivity index (χ1n) is 3.14. The van der Waals surface area contributed by atoms with Crippen LogP contribution in [-0.2, 0) is 0 Å². The Kier molecular flexibility index (Phi) is 1.35. The topological polar surface area (TPSA) is 31.9 Å². The first-order chi connectivity index (χ1) is 5.29. The maximum atomic E-state index is 11.1. The van der Waals surface area contributed by atoms with E-state index in [0.29, 0.717) is 5.65 Å². The van der Waals surface area contributed by atoms with Crippen LogP contribution in [0.4, 0.5) is 0 Å². The van der Waals surface area contributed by atoms with Crippen molar-refractivity contribution in [1.82, 2.24) is 3.59 Å². The van der Waals surface area contributed by atoms with Crippen LogP contribution in [0.1, 0.15) is 0 Å². The SMILES string of the molecule is [O-][n+]1cccc2ccn(Br)c21. The van der Waals surface area contributed by atoms with E-state index in [9.17, 15) is 5.21 Å². The Morgan fingerprint density at radius 1 is 1.45 bits per heavy atom. The highest BCUT2D eigenvalue weighted by Gasteiger charge is 2.06. The van der Waals surface area contributed by atoms with Gasteiger partial charge in [0.05, 0.1) is 11.6 Å². The third-order valence-corrected chi connectivity index (χ3v) is 2.12. The summed E-state index contributed by atoms with van der Waals surface area (Å²) in [4.78, 5) is 0. The molecule has 0 fully saturated rings. The van der Waals surface area contributed by atoms with Crippen LogP contribution in [0.2, 0.25) is 0 Å². The number of hydrogen-bond acceptors (Lipinski definition) is 1. The third kappa shape index (κ3) is 0.903. The van der Waals surface area contributed by atoms with Gasteiger partial charge < -0.3 is 5.21 Å². The second-order valence-corrected chi connectivity index (χ2v) is 3.00. The molecule has 2 aromatic heterocycles. The molecular formula is C7H5BrN2O. The molecule has 0 saturated heterocycles. The van der Waals surface area contributed by atoms with Crippen LogP contribution in [0.3, 0.4) is 0 Å². The summed E-state index contributed by atoms with van der Waals surface area (Å²) in [6.45, 7) is 0. The molecule has 56 valence electrons. The average molecular weight is 213 g/mol. The van der Waals surface area contributed by atoms with Gasteiger partial charge in [-0.2, -0.15) is 3.59 Å². The van der Waals surface area contributed by atoms with Crippen LogP contribution in [-0.4, -0.2) is 3.59 Å². The highest BCUT2D eigenvalue weighted by atomic mass is 79.9. The summed E-state index contributed by atoms with van der Waals surface area (Å²) in [7, 11) is 0. The van der Waals surface area contributed by atoms with E-state index < -0.39 is 0 Å². The van der Waals surface area contributed by atoms with Crippen molar-refractivity contribution in [3.8, 4) is 0 Å². The molecule has 0 unspecified atom stereocenters. The Balaban J connectivity index is 2.96. The van der Waals surface area contributed by atoms with E-state index in [1.54, 1.807) is 15.9 Å². The van der Waals surface area contributed by atoms with Crippen LogP contribution in [0.5, 0.6) is 0 Å². The van der Waals surface area contributed by atoms with Crippen LogP contribution >= 0.6 is 16.1 Å². The maximum absolute atomic E-state index is 11.1. The van der Waals surface area contributed by atoms with Gasteiger partial charge in [0.2, 0.25) is 0 Å². The highest BCUT2D eigenvalue weighted by molar-refractivity contribution is 9.08. The van der Waals surface area contributed by atoms with Crippen molar-refractivity contribution in [3.05, 3.63) is 35.8 Å². The predicted molar refractivity (Wildman–Crippen MR) is 45.2 cm³/mol. The molecule has 3 nitrogen and oxygen atoms in total. The lowest BCUT2D eigenvalue weighted by atomic mass is 10.3. The molecule has 0 aromatic carbocycles. The second kappa shape index (κ2) is 2.23. The highest BCUT2D eigenvalue weighted by Crippen LogP contribution is 2.12. The zero-order valence-corrected chi connectivity index (χ0v) is 7.15. The first-order valence-corrected chi connectivity index (χ1v) is 3.85. The minimum absolute atomic E-state index is 0.618. The van der Waals surface area contributed by atoms with E-state index in [4.69, 9.17) is 0 Å². The van der Waals surface area contributed by atoms with Gasteiger partial charge in [-0.15, -0.1) is 0 Å². The summed E-state index contributed by atoms with van der Waals surface area (Å²) in [5.74, 6) is 0. The summed E-state index contributed by atoms with van der Waals surface area (Å²) in [6.07, 6.45) is 3.26. The Labute approximate surface area is 71.8 Å². The van der Waals surface area contributed by atoms with E-state index in [0.717, 1.165) is 10.1 Å². The van der Waals surface area contributed by atoms with Gasteiger partial charge in [-0.25, -0.2) is 4.73 Å². The Bertz CT molecular complexity index is 396. The Morgan fingerprint density at radius 2 is 2.27 bits per heavy atom. The number of halogens is 1. The normalized spacial score (nSPS) is 10.6. The van der Waals surface area contributed by atoms with Gasteiger partial charge in [0.25, 0.3) is 0 Å². The summed E-state index contributed by atoms with van der Waals surface area (Å²) >= 11 is 3.21. The Morgan fingerprint density at radius 3 is 3.00 bits per heavy atom. The fraction of sp³-hybridized carbons (Fsp3) is 0. The molecule has 0 N–H and O–H groups in total. The zero-order valence-electron chi connectivity index (χ0n) is 5.57. The molecule has 0 atom stereocenters. The lowest BCUT2D eigenvalue weighted by Crippen LogP contribution is -2.26. The average Bonchev–Trinajstić information content (AvgIpc) is 2.34. The number of pyridine rings is 1. The van der Waals surface area contributed by atoms with Gasteiger partial charge in [-0.05, 0) is 18.2 Å². The van der Waals surface area contributed by atoms with Gasteiger partial charge in [0.1, 0.15) is 6.20 Å². The molecule has 2 heterocycles. The summed E-state index contributed by atoms with van der Waals surface area (Å²) in [5, 5.41) is 12.1. The molecule has 0 radical (unpaired) electrons. The maximum Gasteiger partial charge on any atom is 0.302 e. The predicted octanol–water partition coefficient (Wildman–Crippen LogP) is 1.43. The van der Waals surface area contributed by atoms with Crippen molar-refractivity contribution in [1.29, 1.82) is 0 Å². The van der Waals surface area contributed by atoms with E-state index in [2.05, 4.69) is 16.1 Å². The van der Waals surface area contributed by atoms with Crippen molar-refractivity contribution in [2.75, 3.05) is 0 Å². The van der Waals surface area contributed by atoms with Crippen LogP contribution in [0, 0.1) is 5.21 Å². The van der Waals surface area contributed by atoms with E-state index in [1.165, 1.54) is 6.20 Å². The smallest absolute Gasteiger partial charge is 0.302 e. The number of nitrogens with zero attached hydrogens (tertiary/aromatic N) is 2. The van der Waals surface area contributed by atoms with Crippen LogP contribution in [0.25, 0.3) is 11.0 Å². The van der Waals surface area contributed by atoms with Gasteiger partial charge >= 0.3 is 5.65 Å². The zero-order chi connectivity index (χ0) is 7.84. The fourth-order valence-corrected chi connectivity index (χ4v) is 1.54. The second-order valence-electron chi connectivity index (χ2n) is 2.24. The summed E-state index contributed by atoms with van der Waals surface area (Å²) in [5.41, 5.74) is 0.618. The number of rotatable bonds is 0.